The number of hydrogen-bond donors (Lipinski definition) is 4. The Kier molecular flexibility index (Phi) is 35.6. The molecule has 4 N–H and O–H groups in total. The lowest BCUT2D eigenvalue weighted by Gasteiger charge is -2.29. The Bertz CT molecular complexity index is 5690. The number of carbonyl (C=O) groups is 4. The fourth-order valence-corrected chi connectivity index (χ4v) is 22.6. The summed E-state index contributed by atoms with van der Waals surface area (Å²) in [7, 11) is -3.86. The van der Waals surface area contributed by atoms with Crippen LogP contribution in [0.4, 0.5) is 4.39 Å². The van der Waals surface area contributed by atoms with Crippen LogP contribution >= 0.6 is 0 Å². The van der Waals surface area contributed by atoms with Crippen LogP contribution < -0.4 is 21.3 Å². The second kappa shape index (κ2) is 45.7. The number of aromatic nitrogens is 4. The zero-order valence-corrected chi connectivity index (χ0v) is 92.0. The number of piperidine rings is 1. The number of hydrogen-bond acceptors (Lipinski definition) is 10. The molecule has 3 saturated carbocycles. The zero-order valence-electron chi connectivity index (χ0n) is 91.2. The average molecular weight is 1960 g/mol. The molecule has 5 saturated heterocycles. The van der Waals surface area contributed by atoms with Crippen molar-refractivity contribution < 1.29 is 50.9 Å². The fourth-order valence-electron chi connectivity index (χ4n) is 20.8. The van der Waals surface area contributed by atoms with Crippen LogP contribution in [0.1, 0.15) is 383 Å². The summed E-state index contributed by atoms with van der Waals surface area (Å²) in [6.07, 6.45) is 24.5. The maximum absolute atomic E-state index is 14.1. The summed E-state index contributed by atoms with van der Waals surface area (Å²) in [5.74, 6) is 2.90. The number of aryl methyl sites for hydroxylation is 1. The highest BCUT2D eigenvalue weighted by atomic mass is 32.2. The maximum Gasteiger partial charge on any atom is 0.308 e. The normalized spacial score (nSPS) is 17.9. The molecule has 8 aromatic rings. The van der Waals surface area contributed by atoms with E-state index < -0.39 is 22.3 Å². The Morgan fingerprint density at radius 1 is 0.355 bits per heavy atom. The van der Waals surface area contributed by atoms with Gasteiger partial charge in [-0.3, -0.25) is 23.6 Å². The molecule has 0 spiro atoms. The molecule has 4 aromatic heterocycles. The van der Waals surface area contributed by atoms with E-state index in [-0.39, 0.29) is 74.2 Å². The average Bonchev–Trinajstić information content (AvgIpc) is 1.59. The van der Waals surface area contributed by atoms with Crippen LogP contribution in [-0.4, -0.2) is 151 Å². The number of alkyl halides is 1. The molecule has 0 unspecified atom stereocenters. The van der Waals surface area contributed by atoms with Crippen LogP contribution in [-0.2, 0) is 93.1 Å². The summed E-state index contributed by atoms with van der Waals surface area (Å²) < 4.78 is 73.4. The number of nitrogens with zero attached hydrogens (tertiary/aromatic N) is 5. The number of benzene rings is 4. The minimum Gasteiger partial charge on any atom is -0.381 e. The molecule has 0 atom stereocenters. The van der Waals surface area contributed by atoms with Crippen molar-refractivity contribution in [3.63, 3.8) is 0 Å². The Morgan fingerprint density at radius 2 is 0.645 bits per heavy atom. The third-order valence-corrected chi connectivity index (χ3v) is 33.1. The molecule has 8 aliphatic rings. The van der Waals surface area contributed by atoms with E-state index in [1.165, 1.54) is 157 Å². The van der Waals surface area contributed by atoms with Gasteiger partial charge in [0.2, 0.25) is 0 Å². The fraction of sp³-hybridized carbons (Fsp3) is 0.633. The van der Waals surface area contributed by atoms with Gasteiger partial charge in [0.1, 0.15) is 0 Å². The largest absolute Gasteiger partial charge is 0.381 e. The summed E-state index contributed by atoms with van der Waals surface area (Å²) in [5, 5.41) is 12.5. The van der Waals surface area contributed by atoms with E-state index in [0.29, 0.717) is 106 Å². The Balaban J connectivity index is 0.000000158. The molecule has 19 nitrogen and oxygen atoms in total. The number of nitrogens with one attached hydrogen (secondary N) is 4. The van der Waals surface area contributed by atoms with Gasteiger partial charge < -0.3 is 53.9 Å². The van der Waals surface area contributed by atoms with E-state index in [9.17, 15) is 32.0 Å². The van der Waals surface area contributed by atoms with Gasteiger partial charge in [0.15, 0.2) is 0 Å². The topological polar surface area (TPSA) is 210 Å². The lowest BCUT2D eigenvalue weighted by molar-refractivity contribution is -0.0298. The third-order valence-electron chi connectivity index (χ3n) is 31.1. The van der Waals surface area contributed by atoms with Crippen LogP contribution in [0.15, 0.2) is 97.1 Å². The van der Waals surface area contributed by atoms with Crippen molar-refractivity contribution >= 4 is 33.8 Å². The second-order valence-electron chi connectivity index (χ2n) is 50.2. The van der Waals surface area contributed by atoms with E-state index in [4.69, 9.17) is 18.9 Å². The molecule has 141 heavy (non-hydrogen) atoms. The van der Waals surface area contributed by atoms with E-state index in [1.54, 1.807) is 17.3 Å². The van der Waals surface area contributed by atoms with Gasteiger partial charge in [-0.2, -0.15) is 12.7 Å². The van der Waals surface area contributed by atoms with Gasteiger partial charge in [-0.05, 0) is 288 Å². The molecule has 5 aliphatic heterocycles. The summed E-state index contributed by atoms with van der Waals surface area (Å²) in [4.78, 5) is 53.0. The van der Waals surface area contributed by atoms with Crippen LogP contribution in [0.5, 0.6) is 0 Å². The third kappa shape index (κ3) is 27.7. The van der Waals surface area contributed by atoms with Crippen molar-refractivity contribution in [3.05, 3.63) is 187 Å². The van der Waals surface area contributed by atoms with Gasteiger partial charge in [-0.25, -0.2) is 3.97 Å². The highest BCUT2D eigenvalue weighted by Crippen LogP contribution is 2.44. The maximum atomic E-state index is 14.1. The van der Waals surface area contributed by atoms with Crippen LogP contribution in [0, 0.1) is 57.3 Å². The smallest absolute Gasteiger partial charge is 0.308 e. The van der Waals surface area contributed by atoms with Crippen LogP contribution in [0.3, 0.4) is 0 Å². The number of rotatable bonds is 26. The number of carbonyl (C=O) groups excluding carboxylic acids is 4. The molecule has 0 radical (unpaired) electrons. The highest BCUT2D eigenvalue weighted by molar-refractivity contribution is 7.87. The van der Waals surface area contributed by atoms with E-state index in [0.717, 1.165) is 126 Å². The summed E-state index contributed by atoms with van der Waals surface area (Å²) in [5.41, 5.74) is 23.9. The monoisotopic (exact) mass is 1950 g/mol. The molecule has 4 aromatic carbocycles. The molecule has 21 heteroatoms. The first-order chi connectivity index (χ1) is 66.2. The van der Waals surface area contributed by atoms with E-state index in [1.807, 2.05) is 13.8 Å². The molecular formula is C120H176FN9O10S. The van der Waals surface area contributed by atoms with Crippen molar-refractivity contribution in [2.45, 2.75) is 384 Å². The summed E-state index contributed by atoms with van der Waals surface area (Å²) in [6, 6.07) is 35.4. The number of ether oxygens (including phenoxy) is 4. The van der Waals surface area contributed by atoms with Crippen molar-refractivity contribution in [3.8, 4) is 45.0 Å². The Hall–Kier alpha value is -8.44. The highest BCUT2D eigenvalue weighted by Gasteiger charge is 2.38. The van der Waals surface area contributed by atoms with Crippen LogP contribution in [0.25, 0.3) is 45.0 Å². The summed E-state index contributed by atoms with van der Waals surface area (Å²) >= 11 is 0. The first kappa shape index (κ1) is 110. The van der Waals surface area contributed by atoms with Gasteiger partial charge in [-0.15, -0.1) is 0 Å². The van der Waals surface area contributed by atoms with Gasteiger partial charge >= 0.3 is 10.2 Å². The van der Waals surface area contributed by atoms with Crippen molar-refractivity contribution in [1.29, 1.82) is 0 Å². The van der Waals surface area contributed by atoms with Gasteiger partial charge in [0.05, 0.1) is 106 Å². The molecule has 774 valence electrons. The first-order valence-electron chi connectivity index (χ1n) is 53.8. The van der Waals surface area contributed by atoms with Crippen molar-refractivity contribution in [2.75, 3.05) is 79.2 Å². The Labute approximate surface area is 847 Å². The number of halogens is 1. The lowest BCUT2D eigenvalue weighted by Crippen LogP contribution is -2.48. The molecule has 3 aliphatic carbocycles. The zero-order chi connectivity index (χ0) is 102. The Morgan fingerprint density at radius 3 is 0.957 bits per heavy atom. The predicted molar refractivity (Wildman–Crippen MR) is 575 cm³/mol. The minimum atomic E-state index is -3.86. The SMILES string of the molecule is Cc1c(C(=O)NC2COC2)cc(-c2cc(C(C)(C)C)cc(C(C)(C)C)c2)n1S(=O)(=O)N1CCCCC1.Cc1c(C(=O)NC2COC2)cc(-c2cc(C(C)(C)C)cc(C(C)(C)CF)c2)n1CC1CCCCC1.Cc1c(C(=O)NC2COC2)cc(-c2cc(CCC(C)C)cc(C(C)(C)C)c2)n1CC1CCCCC1.Cc1c(C(=O)NCC2COC2)cc(-c2cc(C(C)(C)C)cc(C(C)(C)C)c2)n1CC1CCCCC1. The van der Waals surface area contributed by atoms with Gasteiger partial charge in [-0.1, -0.05) is 241 Å². The van der Waals surface area contributed by atoms with Crippen molar-refractivity contribution in [2.24, 2.45) is 29.6 Å². The predicted octanol–water partition coefficient (Wildman–Crippen LogP) is 25.6. The van der Waals surface area contributed by atoms with Gasteiger partial charge in [0, 0.05) is 90.5 Å². The van der Waals surface area contributed by atoms with E-state index in [2.05, 4.69) is 285 Å². The van der Waals surface area contributed by atoms with Crippen molar-refractivity contribution in [1.82, 2.24) is 43.2 Å². The molecule has 9 heterocycles. The lowest BCUT2D eigenvalue weighted by atomic mass is 9.79. The van der Waals surface area contributed by atoms with Gasteiger partial charge in [0.25, 0.3) is 23.6 Å². The number of amides is 4. The quantitative estimate of drug-likeness (QED) is 0.0403. The molecule has 8 fully saturated rings. The molecule has 0 bridgehead atoms. The van der Waals surface area contributed by atoms with E-state index >= 15 is 0 Å². The molecular weight excluding hydrogens is 1780 g/mol. The molecule has 4 amide bonds. The molecule has 16 rings (SSSR count). The van der Waals surface area contributed by atoms with Crippen LogP contribution in [0.2, 0.25) is 0 Å². The second-order valence-corrected chi connectivity index (χ2v) is 52.0. The summed E-state index contributed by atoms with van der Waals surface area (Å²) in [6.45, 7) is 65.8. The standard InChI is InChI=1S/2C31H46N2O2.C30H43FN2O2.C28H41N3O4S/c1-21-27(29(34)32-17-23-19-35-20-23)16-28(33(21)18-22-11-9-8-10-12-22)24-13-25(30(2,3)4)15-26(14-24)31(5,6)7;1-21(2)12-13-24-14-25(16-26(15-24)31(4,5)6)29-17-28(30(34)32-27-19-35-20-27)22(3)33(29)18-23-10-8-7-9-11-23;1-20-26(28(34)32-25-17-35-18-25)15-27(33(20)16-21-10-8-7-9-11-21)22-12-23(29(2,3)4)14-24(13-22)30(5,6)19-31;1-19-24(26(32)29-23-17-35-18-23)16-25(31(19)36(33,34)30-11-9-8-10-12-30)20-13-21(27(2,3)4)15-22(14-20)28(5,6)7/h13-16,22-23H,8-12,17-20H2,1-7H3,(H,32,34);14-17,21,23,27H,7-13,18-20H2,1-6H3,(H,32,34);12-15,21,25H,7-11,16-19H2,1-6H3,(H,32,34);13-16,23H,8-12,17-18H2,1-7H3,(H,29,32). The minimum absolute atomic E-state index is 0.0317. The first-order valence-corrected chi connectivity index (χ1v) is 55.2.